The Kier molecular flexibility index (Phi) is 5.29. The first-order valence-corrected chi connectivity index (χ1v) is 8.72. The second kappa shape index (κ2) is 7.60. The van der Waals surface area contributed by atoms with Gasteiger partial charge >= 0.3 is 0 Å². The summed E-state index contributed by atoms with van der Waals surface area (Å²) in [6.07, 6.45) is 4.05. The van der Waals surface area contributed by atoms with Crippen molar-refractivity contribution < 1.29 is 4.79 Å². The summed E-state index contributed by atoms with van der Waals surface area (Å²) in [5, 5.41) is 8.99. The van der Waals surface area contributed by atoms with E-state index in [2.05, 4.69) is 54.0 Å². The van der Waals surface area contributed by atoms with Crippen molar-refractivity contribution in [1.29, 1.82) is 0 Å². The Balaban J connectivity index is 1.59. The van der Waals surface area contributed by atoms with Crippen LogP contribution in [0, 0.1) is 5.92 Å². The highest BCUT2D eigenvalue weighted by Gasteiger charge is 2.16. The Hall–Kier alpha value is -1.87. The fourth-order valence-electron chi connectivity index (χ4n) is 3.53. The number of nitrogens with one attached hydrogen (secondary N) is 2. The van der Waals surface area contributed by atoms with Gasteiger partial charge in [-0.25, -0.2) is 0 Å². The number of fused-ring (bicyclic) bond motifs is 1. The maximum atomic E-state index is 12.3. The van der Waals surface area contributed by atoms with Crippen LogP contribution in [0.15, 0.2) is 42.5 Å². The number of piperidine rings is 1. The molecule has 0 saturated carbocycles. The quantitative estimate of drug-likeness (QED) is 0.882. The number of hydrogen-bond donors (Lipinski definition) is 2. The molecule has 1 aliphatic rings. The average molecular weight is 310 g/mol. The fourth-order valence-corrected chi connectivity index (χ4v) is 3.53. The van der Waals surface area contributed by atoms with Gasteiger partial charge in [-0.15, -0.1) is 0 Å². The molecule has 1 aliphatic heterocycles. The van der Waals surface area contributed by atoms with E-state index in [1.165, 1.54) is 29.2 Å². The smallest absolute Gasteiger partial charge is 0.220 e. The number of carbonyl (C=O) groups excluding carboxylic acids is 1. The molecule has 1 unspecified atom stereocenters. The lowest BCUT2D eigenvalue weighted by Gasteiger charge is -2.23. The highest BCUT2D eigenvalue weighted by atomic mass is 16.1. The Morgan fingerprint density at radius 2 is 1.91 bits per heavy atom. The molecule has 2 aromatic carbocycles. The highest BCUT2D eigenvalue weighted by Crippen LogP contribution is 2.24. The van der Waals surface area contributed by atoms with Gasteiger partial charge in [0.15, 0.2) is 0 Å². The zero-order chi connectivity index (χ0) is 16.1. The molecule has 1 fully saturated rings. The van der Waals surface area contributed by atoms with Crippen LogP contribution >= 0.6 is 0 Å². The van der Waals surface area contributed by atoms with E-state index in [4.69, 9.17) is 0 Å². The summed E-state index contributed by atoms with van der Waals surface area (Å²) in [6, 6.07) is 14.7. The second-order valence-electron chi connectivity index (χ2n) is 6.59. The van der Waals surface area contributed by atoms with E-state index in [9.17, 15) is 4.79 Å². The van der Waals surface area contributed by atoms with Crippen LogP contribution in [0.2, 0.25) is 0 Å². The van der Waals surface area contributed by atoms with Crippen molar-refractivity contribution in [1.82, 2.24) is 10.6 Å². The zero-order valence-electron chi connectivity index (χ0n) is 13.8. The van der Waals surface area contributed by atoms with E-state index in [0.717, 1.165) is 19.5 Å². The summed E-state index contributed by atoms with van der Waals surface area (Å²) in [6.45, 7) is 4.27. The third-order valence-corrected chi connectivity index (χ3v) is 4.91. The van der Waals surface area contributed by atoms with Crippen LogP contribution in [-0.4, -0.2) is 19.0 Å². The third kappa shape index (κ3) is 4.11. The van der Waals surface area contributed by atoms with Crippen molar-refractivity contribution in [3.05, 3.63) is 48.0 Å². The van der Waals surface area contributed by atoms with Crippen LogP contribution in [0.4, 0.5) is 0 Å². The highest BCUT2D eigenvalue weighted by molar-refractivity contribution is 5.86. The van der Waals surface area contributed by atoms with E-state index in [1.54, 1.807) is 0 Å². The summed E-state index contributed by atoms with van der Waals surface area (Å²) in [5.41, 5.74) is 1.19. The van der Waals surface area contributed by atoms with Crippen LogP contribution in [0.5, 0.6) is 0 Å². The van der Waals surface area contributed by atoms with Crippen molar-refractivity contribution in [2.24, 2.45) is 5.92 Å². The van der Waals surface area contributed by atoms with Gasteiger partial charge in [-0.05, 0) is 61.5 Å². The Bertz CT molecular complexity index is 656. The number of carbonyl (C=O) groups is 1. The van der Waals surface area contributed by atoms with Gasteiger partial charge in [-0.3, -0.25) is 4.79 Å². The number of rotatable bonds is 5. The molecular formula is C20H26N2O. The van der Waals surface area contributed by atoms with Crippen LogP contribution in [0.3, 0.4) is 0 Å². The van der Waals surface area contributed by atoms with E-state index in [1.807, 2.05) is 6.07 Å². The van der Waals surface area contributed by atoms with Gasteiger partial charge in [0, 0.05) is 6.42 Å². The third-order valence-electron chi connectivity index (χ3n) is 4.91. The van der Waals surface area contributed by atoms with E-state index in [-0.39, 0.29) is 11.9 Å². The predicted molar refractivity (Wildman–Crippen MR) is 95.3 cm³/mol. The van der Waals surface area contributed by atoms with Crippen molar-refractivity contribution in [2.45, 2.75) is 38.6 Å². The topological polar surface area (TPSA) is 41.1 Å². The van der Waals surface area contributed by atoms with Gasteiger partial charge < -0.3 is 10.6 Å². The van der Waals surface area contributed by atoms with Gasteiger partial charge in [-0.2, -0.15) is 0 Å². The summed E-state index contributed by atoms with van der Waals surface area (Å²) in [5.74, 6) is 0.874. The minimum absolute atomic E-state index is 0.0432. The number of hydrogen-bond acceptors (Lipinski definition) is 2. The standard InChI is InChI=1S/C20H26N2O/c1-15(18-8-4-6-17-5-2-3-7-19(17)18)22-20(23)10-9-16-11-13-21-14-12-16/h2-8,15-16,21H,9-14H2,1H3,(H,22,23). The fraction of sp³-hybridized carbons (Fsp3) is 0.450. The van der Waals surface area contributed by atoms with Crippen molar-refractivity contribution in [3.8, 4) is 0 Å². The molecule has 2 aromatic rings. The van der Waals surface area contributed by atoms with E-state index < -0.39 is 0 Å². The van der Waals surface area contributed by atoms with E-state index >= 15 is 0 Å². The maximum absolute atomic E-state index is 12.3. The van der Waals surface area contributed by atoms with Crippen LogP contribution < -0.4 is 10.6 Å². The summed E-state index contributed by atoms with van der Waals surface area (Å²) < 4.78 is 0. The minimum Gasteiger partial charge on any atom is -0.350 e. The number of amides is 1. The normalized spacial score (nSPS) is 17.1. The lowest BCUT2D eigenvalue weighted by Crippen LogP contribution is -2.30. The van der Waals surface area contributed by atoms with Gasteiger partial charge in [-0.1, -0.05) is 42.5 Å². The van der Waals surface area contributed by atoms with Gasteiger partial charge in [0.05, 0.1) is 6.04 Å². The summed E-state index contributed by atoms with van der Waals surface area (Å²) >= 11 is 0. The molecule has 1 saturated heterocycles. The molecular weight excluding hydrogens is 284 g/mol. The van der Waals surface area contributed by atoms with E-state index in [0.29, 0.717) is 12.3 Å². The molecule has 0 aliphatic carbocycles. The molecule has 1 amide bonds. The van der Waals surface area contributed by atoms with Gasteiger partial charge in [0.1, 0.15) is 0 Å². The molecule has 0 aromatic heterocycles. The molecule has 23 heavy (non-hydrogen) atoms. The van der Waals surface area contributed by atoms with Crippen molar-refractivity contribution in [2.75, 3.05) is 13.1 Å². The lowest BCUT2D eigenvalue weighted by atomic mass is 9.93. The Labute approximate surface area is 138 Å². The Morgan fingerprint density at radius 1 is 1.17 bits per heavy atom. The predicted octanol–water partition coefficient (Wildman–Crippen LogP) is 3.80. The van der Waals surface area contributed by atoms with Gasteiger partial charge in [0.2, 0.25) is 5.91 Å². The molecule has 0 bridgehead atoms. The summed E-state index contributed by atoms with van der Waals surface area (Å²) in [7, 11) is 0. The van der Waals surface area contributed by atoms with Gasteiger partial charge in [0.25, 0.3) is 0 Å². The van der Waals surface area contributed by atoms with Crippen LogP contribution in [0.1, 0.15) is 44.2 Å². The molecule has 0 radical (unpaired) electrons. The molecule has 1 atom stereocenters. The zero-order valence-corrected chi connectivity index (χ0v) is 13.8. The minimum atomic E-state index is 0.0432. The largest absolute Gasteiger partial charge is 0.350 e. The molecule has 0 spiro atoms. The lowest BCUT2D eigenvalue weighted by molar-refractivity contribution is -0.122. The first-order chi connectivity index (χ1) is 11.2. The van der Waals surface area contributed by atoms with Crippen molar-refractivity contribution >= 4 is 16.7 Å². The molecule has 3 rings (SSSR count). The summed E-state index contributed by atoms with van der Waals surface area (Å²) in [4.78, 5) is 12.3. The molecule has 3 nitrogen and oxygen atoms in total. The van der Waals surface area contributed by atoms with Crippen LogP contribution in [0.25, 0.3) is 10.8 Å². The maximum Gasteiger partial charge on any atom is 0.220 e. The molecule has 1 heterocycles. The molecule has 3 heteroatoms. The second-order valence-corrected chi connectivity index (χ2v) is 6.59. The molecule has 2 N–H and O–H groups in total. The SMILES string of the molecule is CC(NC(=O)CCC1CCNCC1)c1cccc2ccccc12. The number of benzene rings is 2. The van der Waals surface area contributed by atoms with Crippen LogP contribution in [-0.2, 0) is 4.79 Å². The molecule has 122 valence electrons. The Morgan fingerprint density at radius 3 is 2.74 bits per heavy atom. The first kappa shape index (κ1) is 16.0. The first-order valence-electron chi connectivity index (χ1n) is 8.72. The average Bonchev–Trinajstić information content (AvgIpc) is 2.60. The van der Waals surface area contributed by atoms with Crippen molar-refractivity contribution in [3.63, 3.8) is 0 Å². The monoisotopic (exact) mass is 310 g/mol.